The molecule has 2 amide bonds. The molecule has 4 rings (SSSR count). The predicted molar refractivity (Wildman–Crippen MR) is 122 cm³/mol. The van der Waals surface area contributed by atoms with Crippen molar-refractivity contribution in [2.24, 2.45) is 0 Å². The lowest BCUT2D eigenvalue weighted by atomic mass is 10.0. The first kappa shape index (κ1) is 20.8. The zero-order valence-corrected chi connectivity index (χ0v) is 18.0. The van der Waals surface area contributed by atoms with Crippen molar-refractivity contribution in [1.82, 2.24) is 0 Å². The molecule has 0 bridgehead atoms. The Balaban J connectivity index is 1.84. The average molecular weight is 435 g/mol. The molecule has 0 radical (unpaired) electrons. The number of hydrogen-bond donors (Lipinski definition) is 1. The summed E-state index contributed by atoms with van der Waals surface area (Å²) in [5.74, 6) is -1.42. The third-order valence-corrected chi connectivity index (χ3v) is 5.53. The normalized spacial score (nSPS) is 13.9. The van der Waals surface area contributed by atoms with Crippen molar-refractivity contribution >= 4 is 40.4 Å². The largest absolute Gasteiger partial charge is 0.350 e. The number of rotatable bonds is 4. The van der Waals surface area contributed by atoms with Crippen molar-refractivity contribution in [2.75, 3.05) is 10.2 Å². The molecule has 0 fully saturated rings. The smallest absolute Gasteiger partial charge is 0.282 e. The fraction of sp³-hybridized carbons (Fsp3) is 0.120. The van der Waals surface area contributed by atoms with Crippen LogP contribution in [0.1, 0.15) is 22.3 Å². The van der Waals surface area contributed by atoms with Crippen LogP contribution < -0.4 is 10.2 Å². The van der Waals surface area contributed by atoms with Crippen molar-refractivity contribution in [3.63, 3.8) is 0 Å². The van der Waals surface area contributed by atoms with Gasteiger partial charge in [-0.3, -0.25) is 9.59 Å². The summed E-state index contributed by atoms with van der Waals surface area (Å²) in [5.41, 5.74) is 4.71. The number of nitrogens with one attached hydrogen (secondary N) is 1. The van der Waals surface area contributed by atoms with Gasteiger partial charge in [0.1, 0.15) is 11.5 Å². The van der Waals surface area contributed by atoms with Gasteiger partial charge in [-0.2, -0.15) is 0 Å². The Morgan fingerprint density at radius 2 is 1.48 bits per heavy atom. The van der Waals surface area contributed by atoms with E-state index in [1.165, 1.54) is 24.3 Å². The molecule has 0 unspecified atom stereocenters. The minimum atomic E-state index is -0.497. The topological polar surface area (TPSA) is 49.4 Å². The number of imide groups is 1. The van der Waals surface area contributed by atoms with Gasteiger partial charge >= 0.3 is 0 Å². The number of amides is 2. The zero-order valence-electron chi connectivity index (χ0n) is 17.3. The van der Waals surface area contributed by atoms with Crippen LogP contribution in [-0.2, 0) is 9.59 Å². The van der Waals surface area contributed by atoms with Crippen molar-refractivity contribution in [3.05, 3.63) is 99.5 Å². The van der Waals surface area contributed by atoms with Gasteiger partial charge in [-0.25, -0.2) is 9.29 Å². The second-order valence-electron chi connectivity index (χ2n) is 7.64. The van der Waals surface area contributed by atoms with Crippen molar-refractivity contribution in [3.8, 4) is 0 Å². The fourth-order valence-electron chi connectivity index (χ4n) is 3.68. The molecule has 0 aromatic heterocycles. The second-order valence-corrected chi connectivity index (χ2v) is 8.04. The van der Waals surface area contributed by atoms with Crippen LogP contribution in [0.5, 0.6) is 0 Å². The Kier molecular flexibility index (Phi) is 5.38. The van der Waals surface area contributed by atoms with Crippen molar-refractivity contribution in [1.29, 1.82) is 0 Å². The van der Waals surface area contributed by atoms with Gasteiger partial charge in [0.2, 0.25) is 0 Å². The summed E-state index contributed by atoms with van der Waals surface area (Å²) in [7, 11) is 0. The van der Waals surface area contributed by atoms with Crippen LogP contribution >= 0.6 is 11.6 Å². The van der Waals surface area contributed by atoms with E-state index in [4.69, 9.17) is 11.6 Å². The van der Waals surface area contributed by atoms with Crippen molar-refractivity contribution < 1.29 is 14.0 Å². The highest BCUT2D eigenvalue weighted by molar-refractivity contribution is 6.46. The first-order valence-corrected chi connectivity index (χ1v) is 10.1. The summed E-state index contributed by atoms with van der Waals surface area (Å²) >= 11 is 6.24. The van der Waals surface area contributed by atoms with E-state index in [2.05, 4.69) is 5.32 Å². The fourth-order valence-corrected chi connectivity index (χ4v) is 3.85. The molecular formula is C25H20ClFN2O2. The lowest BCUT2D eigenvalue weighted by Gasteiger charge is -2.16. The van der Waals surface area contributed by atoms with Gasteiger partial charge in [0, 0.05) is 10.7 Å². The molecule has 156 valence electrons. The molecule has 0 atom stereocenters. The van der Waals surface area contributed by atoms with Crippen LogP contribution in [-0.4, -0.2) is 11.8 Å². The van der Waals surface area contributed by atoms with Crippen LogP contribution in [0.2, 0.25) is 5.02 Å². The molecule has 0 saturated carbocycles. The Labute approximate surface area is 185 Å². The van der Waals surface area contributed by atoms with Gasteiger partial charge in [-0.1, -0.05) is 35.9 Å². The Morgan fingerprint density at radius 1 is 0.839 bits per heavy atom. The molecule has 0 aliphatic carbocycles. The minimum absolute atomic E-state index is 0.137. The van der Waals surface area contributed by atoms with Gasteiger partial charge in [-0.05, 0) is 79.4 Å². The van der Waals surface area contributed by atoms with E-state index in [1.807, 2.05) is 39.0 Å². The van der Waals surface area contributed by atoms with E-state index >= 15 is 0 Å². The number of nitrogens with zero attached hydrogens (tertiary/aromatic N) is 1. The van der Waals surface area contributed by atoms with E-state index in [0.717, 1.165) is 21.6 Å². The highest BCUT2D eigenvalue weighted by atomic mass is 35.5. The number of hydrogen-bond acceptors (Lipinski definition) is 3. The molecule has 1 N–H and O–H groups in total. The number of aryl methyl sites for hydroxylation is 3. The lowest BCUT2D eigenvalue weighted by Crippen LogP contribution is -2.32. The number of halogens is 2. The minimum Gasteiger partial charge on any atom is -0.350 e. The molecule has 1 heterocycles. The third kappa shape index (κ3) is 3.97. The standard InChI is InChI=1S/C25H20ClFN2O2/c1-14-10-15(2)12-19(11-14)28-23-22(17-5-7-18(27)8-6-17)24(30)29(25(23)31)20-9-4-16(3)21(26)13-20/h4-13,28H,1-3H3. The summed E-state index contributed by atoms with van der Waals surface area (Å²) < 4.78 is 13.5. The number of anilines is 2. The highest BCUT2D eigenvalue weighted by Gasteiger charge is 2.40. The average Bonchev–Trinajstić information content (AvgIpc) is 2.94. The maximum Gasteiger partial charge on any atom is 0.282 e. The molecule has 4 nitrogen and oxygen atoms in total. The third-order valence-electron chi connectivity index (χ3n) is 5.12. The van der Waals surface area contributed by atoms with Crippen molar-refractivity contribution in [2.45, 2.75) is 20.8 Å². The molecule has 3 aromatic carbocycles. The van der Waals surface area contributed by atoms with Crippen LogP contribution in [0.3, 0.4) is 0 Å². The predicted octanol–water partition coefficient (Wildman–Crippen LogP) is 5.80. The maximum absolute atomic E-state index is 13.5. The maximum atomic E-state index is 13.5. The molecule has 31 heavy (non-hydrogen) atoms. The van der Waals surface area contributed by atoms with Crippen LogP contribution in [0.15, 0.2) is 66.4 Å². The van der Waals surface area contributed by atoms with Gasteiger partial charge in [0.05, 0.1) is 11.3 Å². The van der Waals surface area contributed by atoms with Crippen LogP contribution in [0, 0.1) is 26.6 Å². The summed E-state index contributed by atoms with van der Waals surface area (Å²) in [5, 5.41) is 3.59. The van der Waals surface area contributed by atoms with Crippen LogP contribution in [0.25, 0.3) is 5.57 Å². The number of benzene rings is 3. The van der Waals surface area contributed by atoms with E-state index in [-0.39, 0.29) is 11.3 Å². The van der Waals surface area contributed by atoms with Gasteiger partial charge in [0.15, 0.2) is 0 Å². The van der Waals surface area contributed by atoms with Crippen LogP contribution in [0.4, 0.5) is 15.8 Å². The quantitative estimate of drug-likeness (QED) is 0.528. The molecule has 6 heteroatoms. The molecule has 3 aromatic rings. The highest BCUT2D eigenvalue weighted by Crippen LogP contribution is 2.35. The number of carbonyl (C=O) groups excluding carboxylic acids is 2. The van der Waals surface area contributed by atoms with Gasteiger partial charge in [-0.15, -0.1) is 0 Å². The lowest BCUT2D eigenvalue weighted by molar-refractivity contribution is -0.120. The summed E-state index contributed by atoms with van der Waals surface area (Å²) in [6.07, 6.45) is 0. The molecule has 0 spiro atoms. The first-order chi connectivity index (χ1) is 14.7. The Hall–Kier alpha value is -3.44. The molecular weight excluding hydrogens is 415 g/mol. The zero-order chi connectivity index (χ0) is 22.3. The number of carbonyl (C=O) groups is 2. The monoisotopic (exact) mass is 434 g/mol. The van der Waals surface area contributed by atoms with E-state index < -0.39 is 17.6 Å². The summed E-state index contributed by atoms with van der Waals surface area (Å²) in [6, 6.07) is 16.3. The first-order valence-electron chi connectivity index (χ1n) is 9.75. The molecule has 0 saturated heterocycles. The second kappa shape index (κ2) is 8.00. The van der Waals surface area contributed by atoms with Gasteiger partial charge in [0.25, 0.3) is 11.8 Å². The summed E-state index contributed by atoms with van der Waals surface area (Å²) in [4.78, 5) is 27.9. The van der Waals surface area contributed by atoms with E-state index in [0.29, 0.717) is 22.0 Å². The molecule has 1 aliphatic rings. The molecule has 1 aliphatic heterocycles. The Morgan fingerprint density at radius 3 is 2.10 bits per heavy atom. The van der Waals surface area contributed by atoms with E-state index in [1.54, 1.807) is 18.2 Å². The summed E-state index contributed by atoms with van der Waals surface area (Å²) in [6.45, 7) is 5.75. The Bertz CT molecular complexity index is 1230. The SMILES string of the molecule is Cc1cc(C)cc(NC2=C(c3ccc(F)cc3)C(=O)N(c3ccc(C)c(Cl)c3)C2=O)c1. The van der Waals surface area contributed by atoms with Gasteiger partial charge < -0.3 is 5.32 Å². The van der Waals surface area contributed by atoms with E-state index in [9.17, 15) is 14.0 Å².